The van der Waals surface area contributed by atoms with Crippen molar-refractivity contribution in [3.8, 4) is 11.4 Å². The maximum absolute atomic E-state index is 14.3. The fourth-order valence-electron chi connectivity index (χ4n) is 4.30. The molecule has 1 fully saturated rings. The Hall–Kier alpha value is -2.72. The van der Waals surface area contributed by atoms with Crippen LogP contribution in [0.25, 0.3) is 11.4 Å². The Bertz CT molecular complexity index is 1180. The zero-order chi connectivity index (χ0) is 20.2. The van der Waals surface area contributed by atoms with Crippen LogP contribution in [-0.2, 0) is 23.0 Å². The highest BCUT2D eigenvalue weighted by Crippen LogP contribution is 2.37. The van der Waals surface area contributed by atoms with Gasteiger partial charge in [-0.2, -0.15) is 4.31 Å². The molecule has 1 aromatic carbocycles. The van der Waals surface area contributed by atoms with Gasteiger partial charge in [0.25, 0.3) is 0 Å². The van der Waals surface area contributed by atoms with Crippen molar-refractivity contribution in [2.75, 3.05) is 0 Å². The number of nitrogens with zero attached hydrogens (tertiary/aromatic N) is 5. The molecule has 0 unspecified atom stereocenters. The molecule has 3 aromatic rings. The molecule has 0 N–H and O–H groups in total. The average molecular weight is 417 g/mol. The summed E-state index contributed by atoms with van der Waals surface area (Å²) in [6, 6.07) is 5.52. The summed E-state index contributed by atoms with van der Waals surface area (Å²) in [6.07, 6.45) is 5.03. The Morgan fingerprint density at radius 3 is 2.66 bits per heavy atom. The van der Waals surface area contributed by atoms with Crippen molar-refractivity contribution in [2.45, 2.75) is 42.8 Å². The van der Waals surface area contributed by atoms with Gasteiger partial charge in [-0.05, 0) is 37.1 Å². The summed E-state index contributed by atoms with van der Waals surface area (Å²) < 4.78 is 57.4. The van der Waals surface area contributed by atoms with Crippen LogP contribution in [0.3, 0.4) is 0 Å². The second-order valence-corrected chi connectivity index (χ2v) is 9.10. The Kier molecular flexibility index (Phi) is 4.21. The van der Waals surface area contributed by atoms with Gasteiger partial charge in [0.15, 0.2) is 5.82 Å². The Morgan fingerprint density at radius 2 is 1.90 bits per heavy atom. The van der Waals surface area contributed by atoms with Crippen molar-refractivity contribution in [1.82, 2.24) is 24.1 Å². The van der Waals surface area contributed by atoms with E-state index in [1.165, 1.54) is 4.31 Å². The molecule has 2 aliphatic rings. The monoisotopic (exact) mass is 417 g/mol. The van der Waals surface area contributed by atoms with Crippen LogP contribution >= 0.6 is 0 Å². The molecule has 0 radical (unpaired) electrons. The molecular formula is C19H17F2N5O2S. The van der Waals surface area contributed by atoms with E-state index in [1.54, 1.807) is 18.5 Å². The van der Waals surface area contributed by atoms with Gasteiger partial charge in [-0.15, -0.1) is 10.2 Å². The standard InChI is InChI=1S/C19H17F2N5O2S/c20-13-3-6-17(16(21)8-13)29(27,28)26-14-4-5-15(26)11-25-18(9-14)23-24-19(25)12-2-1-7-22-10-12/h1-3,6-8,10,14-15H,4-5,9,11H2/t14-,15+/m0/s1. The number of pyridine rings is 1. The van der Waals surface area contributed by atoms with Crippen LogP contribution in [0.15, 0.2) is 47.6 Å². The molecule has 4 heterocycles. The first-order valence-corrected chi connectivity index (χ1v) is 10.7. The highest BCUT2D eigenvalue weighted by Gasteiger charge is 2.46. The number of benzene rings is 1. The molecule has 10 heteroatoms. The summed E-state index contributed by atoms with van der Waals surface area (Å²) >= 11 is 0. The maximum Gasteiger partial charge on any atom is 0.246 e. The molecule has 5 rings (SSSR count). The number of rotatable bonds is 3. The van der Waals surface area contributed by atoms with Crippen LogP contribution in [0.4, 0.5) is 8.78 Å². The normalized spacial score (nSPS) is 21.7. The number of aromatic nitrogens is 4. The average Bonchev–Trinajstić information content (AvgIpc) is 3.22. The summed E-state index contributed by atoms with van der Waals surface area (Å²) in [5, 5.41) is 8.55. The number of sulfonamides is 1. The topological polar surface area (TPSA) is 81.0 Å². The molecule has 29 heavy (non-hydrogen) atoms. The highest BCUT2D eigenvalue weighted by atomic mass is 32.2. The summed E-state index contributed by atoms with van der Waals surface area (Å²) in [6.45, 7) is 0.366. The van der Waals surface area contributed by atoms with Crippen molar-refractivity contribution in [2.24, 2.45) is 0 Å². The number of hydrogen-bond donors (Lipinski definition) is 0. The third-order valence-electron chi connectivity index (χ3n) is 5.56. The molecule has 1 saturated heterocycles. The second-order valence-electron chi connectivity index (χ2n) is 7.29. The van der Waals surface area contributed by atoms with Crippen LogP contribution in [0.5, 0.6) is 0 Å². The summed E-state index contributed by atoms with van der Waals surface area (Å²) in [5.74, 6) is -0.571. The number of hydrogen-bond acceptors (Lipinski definition) is 5. The van der Waals surface area contributed by atoms with E-state index in [-0.39, 0.29) is 12.1 Å². The van der Waals surface area contributed by atoms with E-state index in [0.29, 0.717) is 43.5 Å². The van der Waals surface area contributed by atoms with Crippen molar-refractivity contribution >= 4 is 10.0 Å². The van der Waals surface area contributed by atoms with Gasteiger partial charge in [0.05, 0.1) is 0 Å². The lowest BCUT2D eigenvalue weighted by atomic mass is 10.1. The molecule has 0 aliphatic carbocycles. The maximum atomic E-state index is 14.3. The summed E-state index contributed by atoms with van der Waals surface area (Å²) in [5.41, 5.74) is 0.794. The van der Waals surface area contributed by atoms with Crippen molar-refractivity contribution in [3.63, 3.8) is 0 Å². The van der Waals surface area contributed by atoms with E-state index in [0.717, 1.165) is 17.7 Å². The third kappa shape index (κ3) is 2.94. The van der Waals surface area contributed by atoms with Crippen LogP contribution in [0.2, 0.25) is 0 Å². The molecule has 0 spiro atoms. The minimum Gasteiger partial charge on any atom is -0.309 e. The van der Waals surface area contributed by atoms with E-state index >= 15 is 0 Å². The molecular weight excluding hydrogens is 400 g/mol. The molecule has 7 nitrogen and oxygen atoms in total. The third-order valence-corrected chi connectivity index (χ3v) is 7.60. The van der Waals surface area contributed by atoms with Gasteiger partial charge in [0.1, 0.15) is 22.4 Å². The van der Waals surface area contributed by atoms with Crippen molar-refractivity contribution in [1.29, 1.82) is 0 Å². The first-order valence-electron chi connectivity index (χ1n) is 9.26. The SMILES string of the molecule is O=S(=O)(c1ccc(F)cc1F)N1[C@@H]2CC[C@H]1Cc1nnc(-c3cccnc3)n1C2. The largest absolute Gasteiger partial charge is 0.309 e. The molecule has 0 saturated carbocycles. The Balaban J connectivity index is 1.55. The highest BCUT2D eigenvalue weighted by molar-refractivity contribution is 7.89. The van der Waals surface area contributed by atoms with Gasteiger partial charge in [-0.25, -0.2) is 17.2 Å². The first-order chi connectivity index (χ1) is 13.9. The van der Waals surface area contributed by atoms with E-state index in [4.69, 9.17) is 0 Å². The molecule has 2 atom stereocenters. The van der Waals surface area contributed by atoms with Gasteiger partial charge in [0.2, 0.25) is 10.0 Å². The van der Waals surface area contributed by atoms with E-state index < -0.39 is 26.6 Å². The van der Waals surface area contributed by atoms with E-state index in [9.17, 15) is 17.2 Å². The zero-order valence-electron chi connectivity index (χ0n) is 15.2. The van der Waals surface area contributed by atoms with Gasteiger partial charge < -0.3 is 4.57 Å². The second kappa shape index (κ2) is 6.67. The van der Waals surface area contributed by atoms with Crippen molar-refractivity contribution < 1.29 is 17.2 Å². The van der Waals surface area contributed by atoms with Gasteiger partial charge in [-0.1, -0.05) is 0 Å². The molecule has 2 aromatic heterocycles. The lowest BCUT2D eigenvalue weighted by molar-refractivity contribution is 0.314. The molecule has 150 valence electrons. The van der Waals surface area contributed by atoms with Crippen LogP contribution in [-0.4, -0.2) is 44.6 Å². The predicted octanol–water partition coefficient (Wildman–Crippen LogP) is 2.40. The van der Waals surface area contributed by atoms with Gasteiger partial charge >= 0.3 is 0 Å². The van der Waals surface area contributed by atoms with Crippen LogP contribution in [0.1, 0.15) is 18.7 Å². The van der Waals surface area contributed by atoms with Gasteiger partial charge in [0, 0.05) is 49.1 Å². The molecule has 2 bridgehead atoms. The number of halogens is 2. The van der Waals surface area contributed by atoms with Crippen molar-refractivity contribution in [3.05, 3.63) is 60.2 Å². The zero-order valence-corrected chi connectivity index (χ0v) is 16.1. The smallest absolute Gasteiger partial charge is 0.246 e. The Morgan fingerprint density at radius 1 is 1.07 bits per heavy atom. The number of fused-ring (bicyclic) bond motifs is 3. The fourth-order valence-corrected chi connectivity index (χ4v) is 6.21. The Labute approximate surface area is 166 Å². The fraction of sp³-hybridized carbons (Fsp3) is 0.316. The molecule has 2 aliphatic heterocycles. The van der Waals surface area contributed by atoms with E-state index in [1.807, 2.05) is 10.6 Å². The minimum absolute atomic E-state index is 0.346. The quantitative estimate of drug-likeness (QED) is 0.654. The lowest BCUT2D eigenvalue weighted by Crippen LogP contribution is -2.42. The lowest BCUT2D eigenvalue weighted by Gasteiger charge is -2.27. The summed E-state index contributed by atoms with van der Waals surface area (Å²) in [4.78, 5) is 3.61. The minimum atomic E-state index is -4.12. The summed E-state index contributed by atoms with van der Waals surface area (Å²) in [7, 11) is -4.12. The van der Waals surface area contributed by atoms with Crippen LogP contribution in [0, 0.1) is 11.6 Å². The first kappa shape index (κ1) is 18.3. The molecule has 0 amide bonds. The van der Waals surface area contributed by atoms with Gasteiger partial charge in [-0.3, -0.25) is 4.98 Å². The van der Waals surface area contributed by atoms with Crippen LogP contribution < -0.4 is 0 Å². The van der Waals surface area contributed by atoms with E-state index in [2.05, 4.69) is 15.2 Å². The predicted molar refractivity (Wildman–Crippen MR) is 99.1 cm³/mol.